The van der Waals surface area contributed by atoms with Gasteiger partial charge in [0.1, 0.15) is 18.7 Å². The van der Waals surface area contributed by atoms with Crippen molar-refractivity contribution in [3.8, 4) is 0 Å². The van der Waals surface area contributed by atoms with Gasteiger partial charge >= 0.3 is 12.1 Å². The minimum atomic E-state index is -1.01. The van der Waals surface area contributed by atoms with Gasteiger partial charge in [0.2, 0.25) is 5.91 Å². The number of carbonyl (C=O) groups excluding carboxylic acids is 4. The molecule has 43 heavy (non-hydrogen) atoms. The van der Waals surface area contributed by atoms with Crippen LogP contribution < -0.4 is 5.32 Å². The predicted molar refractivity (Wildman–Crippen MR) is 160 cm³/mol. The third kappa shape index (κ3) is 7.16. The summed E-state index contributed by atoms with van der Waals surface area (Å²) in [5.41, 5.74) is 4.53. The van der Waals surface area contributed by atoms with Crippen LogP contribution in [-0.2, 0) is 45.1 Å². The first kappa shape index (κ1) is 29.3. The normalized spacial score (nSPS) is 14.6. The Morgan fingerprint density at radius 1 is 0.767 bits per heavy atom. The quantitative estimate of drug-likeness (QED) is 0.225. The standard InChI is InChI=1S/C35H32N2O6/c1-42-34(40)30(20-24-16-18-27(19-17-24)32(38)26-12-6-3-7-13-26)36-33(39)31-21-28-14-8-9-15-29(28)22-37(31)35(41)43-23-25-10-4-2-5-11-25/h2-19,30-31H,20-23H2,1H3,(H,36,39)/t30-,31+/m1/s1. The molecule has 0 bridgehead atoms. The second-order valence-corrected chi connectivity index (χ2v) is 10.3. The molecule has 4 aromatic rings. The molecule has 0 spiro atoms. The van der Waals surface area contributed by atoms with Crippen molar-refractivity contribution in [2.45, 2.75) is 38.1 Å². The lowest BCUT2D eigenvalue weighted by atomic mass is 9.93. The number of ketones is 1. The fourth-order valence-electron chi connectivity index (χ4n) is 5.14. The van der Waals surface area contributed by atoms with E-state index in [4.69, 9.17) is 9.47 Å². The van der Waals surface area contributed by atoms with Gasteiger partial charge in [-0.25, -0.2) is 9.59 Å². The molecule has 2 atom stereocenters. The van der Waals surface area contributed by atoms with Crippen LogP contribution in [0.5, 0.6) is 0 Å². The smallest absolute Gasteiger partial charge is 0.411 e. The van der Waals surface area contributed by atoms with Gasteiger partial charge < -0.3 is 14.8 Å². The predicted octanol–water partition coefficient (Wildman–Crippen LogP) is 4.88. The van der Waals surface area contributed by atoms with Crippen molar-refractivity contribution in [1.29, 1.82) is 0 Å². The van der Waals surface area contributed by atoms with Crippen LogP contribution in [0, 0.1) is 0 Å². The minimum absolute atomic E-state index is 0.0692. The number of benzene rings is 4. The molecule has 1 heterocycles. The number of amides is 2. The minimum Gasteiger partial charge on any atom is -0.467 e. The first-order valence-corrected chi connectivity index (χ1v) is 14.0. The number of esters is 1. The highest BCUT2D eigenvalue weighted by molar-refractivity contribution is 6.08. The van der Waals surface area contributed by atoms with Gasteiger partial charge in [0.15, 0.2) is 5.78 Å². The number of hydrogen-bond donors (Lipinski definition) is 1. The number of nitrogens with zero attached hydrogens (tertiary/aromatic N) is 1. The van der Waals surface area contributed by atoms with Crippen LogP contribution in [0.1, 0.15) is 38.2 Å². The van der Waals surface area contributed by atoms with Gasteiger partial charge in [-0.15, -0.1) is 0 Å². The number of carbonyl (C=O) groups is 4. The summed E-state index contributed by atoms with van der Waals surface area (Å²) >= 11 is 0. The van der Waals surface area contributed by atoms with Crippen molar-refractivity contribution in [3.05, 3.63) is 143 Å². The van der Waals surface area contributed by atoms with E-state index < -0.39 is 30.1 Å². The Morgan fingerprint density at radius 3 is 2.05 bits per heavy atom. The first-order chi connectivity index (χ1) is 20.9. The zero-order valence-corrected chi connectivity index (χ0v) is 23.8. The van der Waals surface area contributed by atoms with Gasteiger partial charge in [0, 0.05) is 24.0 Å². The van der Waals surface area contributed by atoms with E-state index in [9.17, 15) is 19.2 Å². The maximum Gasteiger partial charge on any atom is 0.411 e. The van der Waals surface area contributed by atoms with E-state index in [0.29, 0.717) is 11.1 Å². The third-order valence-corrected chi connectivity index (χ3v) is 7.48. The summed E-state index contributed by atoms with van der Waals surface area (Å²) in [4.78, 5) is 53.9. The van der Waals surface area contributed by atoms with Crippen LogP contribution in [0.15, 0.2) is 109 Å². The lowest BCUT2D eigenvalue weighted by Gasteiger charge is -2.35. The highest BCUT2D eigenvalue weighted by Gasteiger charge is 2.37. The van der Waals surface area contributed by atoms with Gasteiger partial charge in [0.25, 0.3) is 0 Å². The molecule has 0 aliphatic carbocycles. The second kappa shape index (κ2) is 13.6. The van der Waals surface area contributed by atoms with Crippen LogP contribution in [0.2, 0.25) is 0 Å². The molecule has 0 saturated carbocycles. The summed E-state index contributed by atoms with van der Waals surface area (Å²) < 4.78 is 10.6. The van der Waals surface area contributed by atoms with Crippen LogP contribution in [-0.4, -0.2) is 47.8 Å². The Labute approximate surface area is 250 Å². The van der Waals surface area contributed by atoms with Crippen molar-refractivity contribution < 1.29 is 28.7 Å². The van der Waals surface area contributed by atoms with E-state index in [2.05, 4.69) is 5.32 Å². The van der Waals surface area contributed by atoms with Crippen molar-refractivity contribution in [2.75, 3.05) is 7.11 Å². The van der Waals surface area contributed by atoms with Crippen LogP contribution in [0.3, 0.4) is 0 Å². The van der Waals surface area contributed by atoms with E-state index in [0.717, 1.165) is 22.3 Å². The highest BCUT2D eigenvalue weighted by Crippen LogP contribution is 2.25. The molecule has 8 nitrogen and oxygen atoms in total. The summed E-state index contributed by atoms with van der Waals surface area (Å²) in [6.45, 7) is 0.265. The lowest BCUT2D eigenvalue weighted by Crippen LogP contribution is -2.56. The molecule has 1 aliphatic rings. The second-order valence-electron chi connectivity index (χ2n) is 10.3. The Bertz CT molecular complexity index is 1590. The molecule has 0 aromatic heterocycles. The fraction of sp³-hybridized carbons (Fsp3) is 0.200. The van der Waals surface area contributed by atoms with Gasteiger partial charge in [-0.05, 0) is 22.3 Å². The van der Waals surface area contributed by atoms with Crippen molar-refractivity contribution >= 4 is 23.8 Å². The summed E-state index contributed by atoms with van der Waals surface area (Å²) in [6, 6.07) is 30.9. The molecule has 1 N–H and O–H groups in total. The number of fused-ring (bicyclic) bond motifs is 1. The Morgan fingerprint density at radius 2 is 1.37 bits per heavy atom. The van der Waals surface area contributed by atoms with Crippen molar-refractivity contribution in [3.63, 3.8) is 0 Å². The Hall–Kier alpha value is -5.24. The molecule has 2 amide bonds. The maximum atomic E-state index is 13.7. The molecule has 8 heteroatoms. The lowest BCUT2D eigenvalue weighted by molar-refractivity contribution is -0.145. The Balaban J connectivity index is 1.31. The van der Waals surface area contributed by atoms with E-state index in [1.165, 1.54) is 12.0 Å². The van der Waals surface area contributed by atoms with Gasteiger partial charge in [-0.2, -0.15) is 0 Å². The monoisotopic (exact) mass is 576 g/mol. The van der Waals surface area contributed by atoms with Crippen LogP contribution in [0.4, 0.5) is 4.79 Å². The molecule has 0 saturated heterocycles. The number of ether oxygens (including phenoxy) is 2. The van der Waals surface area contributed by atoms with Crippen molar-refractivity contribution in [1.82, 2.24) is 10.2 Å². The summed E-state index contributed by atoms with van der Waals surface area (Å²) in [5.74, 6) is -1.22. The van der Waals surface area contributed by atoms with E-state index in [-0.39, 0.29) is 31.8 Å². The number of nitrogens with one attached hydrogen (secondary N) is 1. The molecular weight excluding hydrogens is 544 g/mol. The largest absolute Gasteiger partial charge is 0.467 e. The molecule has 218 valence electrons. The third-order valence-electron chi connectivity index (χ3n) is 7.48. The number of methoxy groups -OCH3 is 1. The number of hydrogen-bond acceptors (Lipinski definition) is 6. The SMILES string of the molecule is COC(=O)[C@@H](Cc1ccc(C(=O)c2ccccc2)cc1)NC(=O)[C@@H]1Cc2ccccc2CN1C(=O)OCc1ccccc1. The van der Waals surface area contributed by atoms with Crippen LogP contribution >= 0.6 is 0 Å². The summed E-state index contributed by atoms with van der Waals surface area (Å²) in [5, 5.41) is 2.81. The van der Waals surface area contributed by atoms with Gasteiger partial charge in [-0.3, -0.25) is 14.5 Å². The maximum absolute atomic E-state index is 13.7. The van der Waals surface area contributed by atoms with Gasteiger partial charge in [-0.1, -0.05) is 109 Å². The molecule has 0 radical (unpaired) electrons. The molecule has 4 aromatic carbocycles. The zero-order valence-electron chi connectivity index (χ0n) is 23.8. The highest BCUT2D eigenvalue weighted by atomic mass is 16.6. The molecular formula is C35H32N2O6. The zero-order chi connectivity index (χ0) is 30.2. The van der Waals surface area contributed by atoms with Crippen LogP contribution in [0.25, 0.3) is 0 Å². The fourth-order valence-corrected chi connectivity index (χ4v) is 5.14. The molecule has 1 aliphatic heterocycles. The molecule has 0 fully saturated rings. The summed E-state index contributed by atoms with van der Waals surface area (Å²) in [7, 11) is 1.26. The van der Waals surface area contributed by atoms with Crippen molar-refractivity contribution in [2.24, 2.45) is 0 Å². The molecule has 5 rings (SSSR count). The first-order valence-electron chi connectivity index (χ1n) is 14.0. The average molecular weight is 577 g/mol. The topological polar surface area (TPSA) is 102 Å². The van der Waals surface area contributed by atoms with E-state index in [1.54, 1.807) is 48.5 Å². The number of rotatable bonds is 9. The van der Waals surface area contributed by atoms with E-state index in [1.807, 2.05) is 60.7 Å². The molecule has 0 unspecified atom stereocenters. The van der Waals surface area contributed by atoms with Gasteiger partial charge in [0.05, 0.1) is 13.7 Å². The summed E-state index contributed by atoms with van der Waals surface area (Å²) in [6.07, 6.45) is -0.209. The average Bonchev–Trinajstić information content (AvgIpc) is 3.06. The Kier molecular flexibility index (Phi) is 9.26. The van der Waals surface area contributed by atoms with E-state index >= 15 is 0 Å².